The predicted octanol–water partition coefficient (Wildman–Crippen LogP) is 1.59. The van der Waals surface area contributed by atoms with Crippen molar-refractivity contribution in [2.45, 2.75) is 13.3 Å². The van der Waals surface area contributed by atoms with E-state index in [1.165, 1.54) is 0 Å². The van der Waals surface area contributed by atoms with Crippen molar-refractivity contribution in [2.24, 2.45) is 0 Å². The number of hydrogen-bond donors (Lipinski definition) is 0. The molecule has 0 unspecified atom stereocenters. The van der Waals surface area contributed by atoms with Crippen molar-refractivity contribution >= 4 is 17.5 Å². The third-order valence-electron chi connectivity index (χ3n) is 6.05. The molecule has 32 heavy (non-hydrogen) atoms. The Hall–Kier alpha value is -3.56. The van der Waals surface area contributed by atoms with Gasteiger partial charge in [-0.2, -0.15) is 10.5 Å². The Morgan fingerprint density at radius 3 is 2.38 bits per heavy atom. The van der Waals surface area contributed by atoms with Gasteiger partial charge in [0, 0.05) is 65.0 Å². The van der Waals surface area contributed by atoms with Crippen LogP contribution in [0.5, 0.6) is 0 Å². The Labute approximate surface area is 188 Å². The van der Waals surface area contributed by atoms with Crippen LogP contribution in [0, 0.1) is 29.6 Å². The first-order valence-corrected chi connectivity index (χ1v) is 10.9. The Morgan fingerprint density at radius 2 is 1.69 bits per heavy atom. The normalized spacial score (nSPS) is 17.5. The molecule has 9 nitrogen and oxygen atoms in total. The van der Waals surface area contributed by atoms with E-state index in [4.69, 9.17) is 9.68 Å². The SMILES string of the molecule is Cc1nc(C#N)c(N2CCN(C(=O)CN3CCCN(c4ccc(C#N)cc4)CC3)CC2)o1. The first kappa shape index (κ1) is 21.7. The second kappa shape index (κ2) is 9.71. The summed E-state index contributed by atoms with van der Waals surface area (Å²) in [6, 6.07) is 11.9. The molecule has 3 heterocycles. The number of aromatic nitrogens is 1. The van der Waals surface area contributed by atoms with E-state index < -0.39 is 0 Å². The molecule has 0 radical (unpaired) electrons. The third kappa shape index (κ3) is 4.84. The van der Waals surface area contributed by atoms with Crippen molar-refractivity contribution in [3.05, 3.63) is 41.4 Å². The summed E-state index contributed by atoms with van der Waals surface area (Å²) >= 11 is 0. The quantitative estimate of drug-likeness (QED) is 0.716. The smallest absolute Gasteiger partial charge is 0.236 e. The van der Waals surface area contributed by atoms with Crippen LogP contribution in [0.2, 0.25) is 0 Å². The van der Waals surface area contributed by atoms with Crippen LogP contribution in [-0.4, -0.2) is 79.6 Å². The van der Waals surface area contributed by atoms with Gasteiger partial charge in [-0.25, -0.2) is 4.98 Å². The molecule has 4 rings (SSSR count). The highest BCUT2D eigenvalue weighted by Crippen LogP contribution is 2.23. The van der Waals surface area contributed by atoms with Gasteiger partial charge < -0.3 is 19.1 Å². The van der Waals surface area contributed by atoms with Gasteiger partial charge in [0.2, 0.25) is 17.5 Å². The fraction of sp³-hybridized carbons (Fsp3) is 0.478. The van der Waals surface area contributed by atoms with E-state index in [9.17, 15) is 10.1 Å². The largest absolute Gasteiger partial charge is 0.424 e. The molecule has 2 aliphatic heterocycles. The number of hydrogen-bond acceptors (Lipinski definition) is 8. The van der Waals surface area contributed by atoms with Crippen molar-refractivity contribution in [2.75, 3.05) is 68.7 Å². The molecule has 0 atom stereocenters. The molecular formula is C23H27N7O2. The van der Waals surface area contributed by atoms with Crippen LogP contribution in [-0.2, 0) is 4.79 Å². The van der Waals surface area contributed by atoms with Gasteiger partial charge in [0.25, 0.3) is 0 Å². The van der Waals surface area contributed by atoms with Gasteiger partial charge in [0.1, 0.15) is 6.07 Å². The monoisotopic (exact) mass is 433 g/mol. The summed E-state index contributed by atoms with van der Waals surface area (Å²) in [4.78, 5) is 25.4. The second-order valence-corrected chi connectivity index (χ2v) is 8.14. The highest BCUT2D eigenvalue weighted by atomic mass is 16.4. The van der Waals surface area contributed by atoms with Gasteiger partial charge in [0.05, 0.1) is 18.2 Å². The fourth-order valence-electron chi connectivity index (χ4n) is 4.29. The van der Waals surface area contributed by atoms with Crippen LogP contribution in [0.4, 0.5) is 11.6 Å². The lowest BCUT2D eigenvalue weighted by molar-refractivity contribution is -0.132. The Balaban J connectivity index is 1.27. The number of benzene rings is 1. The molecule has 0 aliphatic carbocycles. The summed E-state index contributed by atoms with van der Waals surface area (Å²) in [6.07, 6.45) is 0.989. The molecular weight excluding hydrogens is 406 g/mol. The Morgan fingerprint density at radius 1 is 0.969 bits per heavy atom. The number of piperazine rings is 1. The van der Waals surface area contributed by atoms with E-state index in [-0.39, 0.29) is 5.91 Å². The zero-order valence-electron chi connectivity index (χ0n) is 18.3. The summed E-state index contributed by atoms with van der Waals surface area (Å²) in [5.74, 6) is 1.13. The van der Waals surface area contributed by atoms with E-state index in [1.807, 2.05) is 34.1 Å². The number of oxazole rings is 1. The number of carbonyl (C=O) groups is 1. The molecule has 166 valence electrons. The highest BCUT2D eigenvalue weighted by molar-refractivity contribution is 5.78. The molecule has 1 aromatic carbocycles. The summed E-state index contributed by atoms with van der Waals surface area (Å²) < 4.78 is 5.60. The zero-order chi connectivity index (χ0) is 22.5. The lowest BCUT2D eigenvalue weighted by Gasteiger charge is -2.35. The average molecular weight is 434 g/mol. The van der Waals surface area contributed by atoms with Gasteiger partial charge in [-0.1, -0.05) is 0 Å². The predicted molar refractivity (Wildman–Crippen MR) is 119 cm³/mol. The number of aryl methyl sites for hydroxylation is 1. The molecule has 1 aromatic heterocycles. The van der Waals surface area contributed by atoms with Gasteiger partial charge in [-0.05, 0) is 30.7 Å². The molecule has 2 saturated heterocycles. The minimum absolute atomic E-state index is 0.144. The fourth-order valence-corrected chi connectivity index (χ4v) is 4.29. The summed E-state index contributed by atoms with van der Waals surface area (Å²) in [5.41, 5.74) is 2.09. The summed E-state index contributed by atoms with van der Waals surface area (Å²) in [6.45, 7) is 8.13. The van der Waals surface area contributed by atoms with Crippen molar-refractivity contribution in [1.82, 2.24) is 14.8 Å². The molecule has 2 aromatic rings. The first-order valence-electron chi connectivity index (χ1n) is 10.9. The molecule has 1 amide bonds. The van der Waals surface area contributed by atoms with E-state index in [2.05, 4.69) is 26.9 Å². The molecule has 0 spiro atoms. The Kier molecular flexibility index (Phi) is 6.58. The summed E-state index contributed by atoms with van der Waals surface area (Å²) in [7, 11) is 0. The molecule has 0 saturated carbocycles. The van der Waals surface area contributed by atoms with Gasteiger partial charge >= 0.3 is 0 Å². The highest BCUT2D eigenvalue weighted by Gasteiger charge is 2.27. The van der Waals surface area contributed by atoms with Crippen molar-refractivity contribution in [3.8, 4) is 12.1 Å². The number of amides is 1. The number of rotatable bonds is 4. The maximum absolute atomic E-state index is 12.9. The van der Waals surface area contributed by atoms with Crippen molar-refractivity contribution in [3.63, 3.8) is 0 Å². The average Bonchev–Trinajstić information content (AvgIpc) is 3.06. The second-order valence-electron chi connectivity index (χ2n) is 8.14. The van der Waals surface area contributed by atoms with Gasteiger partial charge in [0.15, 0.2) is 5.89 Å². The number of carbonyl (C=O) groups excluding carboxylic acids is 1. The van der Waals surface area contributed by atoms with Crippen molar-refractivity contribution < 1.29 is 9.21 Å². The van der Waals surface area contributed by atoms with E-state index in [1.54, 1.807) is 6.92 Å². The maximum atomic E-state index is 12.9. The van der Waals surface area contributed by atoms with E-state index in [0.29, 0.717) is 55.8 Å². The maximum Gasteiger partial charge on any atom is 0.236 e. The van der Waals surface area contributed by atoms with Crippen LogP contribution in [0.1, 0.15) is 23.6 Å². The summed E-state index contributed by atoms with van der Waals surface area (Å²) in [5, 5.41) is 18.2. The van der Waals surface area contributed by atoms with Crippen LogP contribution in [0.15, 0.2) is 28.7 Å². The van der Waals surface area contributed by atoms with Crippen LogP contribution < -0.4 is 9.80 Å². The van der Waals surface area contributed by atoms with Gasteiger partial charge in [-0.15, -0.1) is 0 Å². The molecule has 2 aliphatic rings. The van der Waals surface area contributed by atoms with Crippen LogP contribution in [0.25, 0.3) is 0 Å². The third-order valence-corrected chi connectivity index (χ3v) is 6.05. The first-order chi connectivity index (χ1) is 15.6. The number of nitriles is 2. The number of anilines is 2. The Bertz CT molecular complexity index is 1030. The lowest BCUT2D eigenvalue weighted by atomic mass is 10.2. The molecule has 2 fully saturated rings. The lowest BCUT2D eigenvalue weighted by Crippen LogP contribution is -2.51. The number of nitrogens with zero attached hydrogens (tertiary/aromatic N) is 7. The minimum atomic E-state index is 0.144. The van der Waals surface area contributed by atoms with Crippen LogP contribution >= 0.6 is 0 Å². The van der Waals surface area contributed by atoms with Crippen LogP contribution in [0.3, 0.4) is 0 Å². The standard InChI is InChI=1S/C23H27N7O2/c1-18-26-21(16-25)23(32-18)30-13-11-29(12-14-30)22(31)17-27-7-2-8-28(10-9-27)20-5-3-19(15-24)4-6-20/h3-6H,2,7-14,17H2,1H3. The van der Waals surface area contributed by atoms with E-state index >= 15 is 0 Å². The van der Waals surface area contributed by atoms with Gasteiger partial charge in [-0.3, -0.25) is 9.69 Å². The zero-order valence-corrected chi connectivity index (χ0v) is 18.3. The minimum Gasteiger partial charge on any atom is -0.424 e. The molecule has 0 N–H and O–H groups in total. The molecule has 0 bridgehead atoms. The topological polar surface area (TPSA) is 104 Å². The molecule has 9 heteroatoms. The van der Waals surface area contributed by atoms with Crippen molar-refractivity contribution in [1.29, 1.82) is 10.5 Å². The van der Waals surface area contributed by atoms with E-state index in [0.717, 1.165) is 38.3 Å².